The van der Waals surface area contributed by atoms with Crippen LogP contribution in [0.25, 0.3) is 0 Å². The van der Waals surface area contributed by atoms with Gasteiger partial charge in [-0.3, -0.25) is 4.68 Å². The third-order valence-electron chi connectivity index (χ3n) is 1.91. The fourth-order valence-corrected chi connectivity index (χ4v) is 2.11. The highest BCUT2D eigenvalue weighted by Crippen LogP contribution is 2.31. The maximum Gasteiger partial charge on any atom is 0.280 e. The number of hydrogen-bond acceptors (Lipinski definition) is 5. The number of hydrogen-bond donors (Lipinski definition) is 1. The molecule has 0 saturated heterocycles. The topological polar surface area (TPSA) is 60.2 Å². The van der Waals surface area contributed by atoms with E-state index in [2.05, 4.69) is 10.1 Å². The second kappa shape index (κ2) is 4.82. The molecule has 2 aromatic rings. The Bertz CT molecular complexity index is 483. The van der Waals surface area contributed by atoms with Crippen molar-refractivity contribution in [3.8, 4) is 10.9 Å². The van der Waals surface area contributed by atoms with E-state index in [1.54, 1.807) is 17.1 Å². The van der Waals surface area contributed by atoms with Crippen LogP contribution in [0.15, 0.2) is 12.4 Å². The smallest absolute Gasteiger partial charge is 0.280 e. The lowest BCUT2D eigenvalue weighted by atomic mass is 10.6. The Kier molecular flexibility index (Phi) is 3.42. The molecule has 0 fully saturated rings. The number of aromatic nitrogens is 3. The molecule has 2 heterocycles. The molecule has 0 amide bonds. The van der Waals surface area contributed by atoms with Gasteiger partial charge in [0.15, 0.2) is 5.75 Å². The van der Waals surface area contributed by atoms with Gasteiger partial charge in [-0.1, -0.05) is 22.9 Å². The second-order valence-corrected chi connectivity index (χ2v) is 4.39. The molecule has 5 nitrogen and oxygen atoms in total. The number of ether oxygens (including phenoxy) is 1. The third kappa shape index (κ3) is 2.34. The number of thiazole rings is 1. The maximum absolute atomic E-state index is 8.95. The molecule has 0 saturated carbocycles. The Morgan fingerprint density at radius 2 is 2.44 bits per heavy atom. The molecule has 1 N–H and O–H groups in total. The van der Waals surface area contributed by atoms with Crippen molar-refractivity contribution < 1.29 is 9.84 Å². The summed E-state index contributed by atoms with van der Waals surface area (Å²) in [5, 5.41) is 13.7. The van der Waals surface area contributed by atoms with Crippen molar-refractivity contribution in [1.29, 1.82) is 0 Å². The number of aliphatic hydroxyl groups is 1. The van der Waals surface area contributed by atoms with Crippen LogP contribution in [0, 0.1) is 0 Å². The van der Waals surface area contributed by atoms with Crippen molar-refractivity contribution in [3.05, 3.63) is 22.4 Å². The lowest BCUT2D eigenvalue weighted by Crippen LogP contribution is -1.92. The van der Waals surface area contributed by atoms with E-state index in [1.807, 2.05) is 6.92 Å². The predicted molar refractivity (Wildman–Crippen MR) is 61.0 cm³/mol. The average Bonchev–Trinajstić information content (AvgIpc) is 2.85. The van der Waals surface area contributed by atoms with Crippen molar-refractivity contribution in [2.24, 2.45) is 0 Å². The number of nitrogens with zero attached hydrogens (tertiary/aromatic N) is 3. The van der Waals surface area contributed by atoms with Crippen molar-refractivity contribution >= 4 is 22.9 Å². The largest absolute Gasteiger partial charge is 0.427 e. The Hall–Kier alpha value is -1.11. The first kappa shape index (κ1) is 11.4. The van der Waals surface area contributed by atoms with Gasteiger partial charge >= 0.3 is 0 Å². The number of halogens is 1. The lowest BCUT2D eigenvalue weighted by Gasteiger charge is -1.95. The number of aryl methyl sites for hydroxylation is 1. The molecule has 0 spiro atoms. The van der Waals surface area contributed by atoms with E-state index in [0.717, 1.165) is 6.54 Å². The van der Waals surface area contributed by atoms with Crippen LogP contribution < -0.4 is 4.74 Å². The minimum absolute atomic E-state index is 0.131. The van der Waals surface area contributed by atoms with E-state index in [9.17, 15) is 0 Å². The van der Waals surface area contributed by atoms with Gasteiger partial charge in [0.25, 0.3) is 5.19 Å². The Balaban J connectivity index is 2.13. The summed E-state index contributed by atoms with van der Waals surface area (Å²) in [7, 11) is 0. The molecule has 0 aliphatic heterocycles. The molecule has 0 unspecified atom stereocenters. The van der Waals surface area contributed by atoms with Gasteiger partial charge < -0.3 is 9.84 Å². The normalized spacial score (nSPS) is 10.7. The quantitative estimate of drug-likeness (QED) is 0.915. The van der Waals surface area contributed by atoms with Gasteiger partial charge in [0, 0.05) is 6.54 Å². The summed E-state index contributed by atoms with van der Waals surface area (Å²) in [6.45, 7) is 2.64. The summed E-state index contributed by atoms with van der Waals surface area (Å²) in [4.78, 5) is 4.57. The molecule has 0 radical (unpaired) electrons. The molecule has 2 aromatic heterocycles. The zero-order valence-corrected chi connectivity index (χ0v) is 10.1. The van der Waals surface area contributed by atoms with Crippen LogP contribution in [0.4, 0.5) is 0 Å². The summed E-state index contributed by atoms with van der Waals surface area (Å²) in [5.41, 5.74) is 0. The van der Waals surface area contributed by atoms with E-state index < -0.39 is 0 Å². The molecule has 86 valence electrons. The highest BCUT2D eigenvalue weighted by molar-refractivity contribution is 7.13. The van der Waals surface area contributed by atoms with Gasteiger partial charge in [-0.2, -0.15) is 10.1 Å². The van der Waals surface area contributed by atoms with E-state index in [0.29, 0.717) is 15.8 Å². The second-order valence-electron chi connectivity index (χ2n) is 2.99. The van der Waals surface area contributed by atoms with Gasteiger partial charge in [-0.25, -0.2) is 0 Å². The molecule has 0 aliphatic carbocycles. The van der Waals surface area contributed by atoms with E-state index >= 15 is 0 Å². The molecule has 0 atom stereocenters. The predicted octanol–water partition coefficient (Wildman–Crippen LogP) is 2.30. The van der Waals surface area contributed by atoms with Crippen LogP contribution in [0.2, 0.25) is 5.15 Å². The van der Waals surface area contributed by atoms with Crippen molar-refractivity contribution in [1.82, 2.24) is 14.8 Å². The molecule has 0 aromatic carbocycles. The maximum atomic E-state index is 8.95. The zero-order chi connectivity index (χ0) is 11.5. The molecule has 2 rings (SSSR count). The Morgan fingerprint density at radius 1 is 1.62 bits per heavy atom. The van der Waals surface area contributed by atoms with Gasteiger partial charge in [0.05, 0.1) is 23.9 Å². The van der Waals surface area contributed by atoms with Crippen LogP contribution in [-0.4, -0.2) is 19.9 Å². The SMILES string of the molecule is CCn1cc(Oc2nc(Cl)c(CO)s2)cn1. The van der Waals surface area contributed by atoms with Gasteiger partial charge in [-0.05, 0) is 6.92 Å². The van der Waals surface area contributed by atoms with Crippen LogP contribution in [0.5, 0.6) is 10.9 Å². The van der Waals surface area contributed by atoms with Crippen LogP contribution in [-0.2, 0) is 13.2 Å². The number of rotatable bonds is 4. The minimum Gasteiger partial charge on any atom is -0.427 e. The monoisotopic (exact) mass is 259 g/mol. The molecular weight excluding hydrogens is 250 g/mol. The van der Waals surface area contributed by atoms with Crippen LogP contribution in [0.3, 0.4) is 0 Å². The summed E-state index contributed by atoms with van der Waals surface area (Å²) < 4.78 is 7.20. The third-order valence-corrected chi connectivity index (χ3v) is 3.26. The molecule has 0 bridgehead atoms. The minimum atomic E-state index is -0.131. The molecule has 7 heteroatoms. The lowest BCUT2D eigenvalue weighted by molar-refractivity contribution is 0.285. The first-order valence-corrected chi connectivity index (χ1v) is 5.88. The van der Waals surface area contributed by atoms with E-state index in [1.165, 1.54) is 11.3 Å². The van der Waals surface area contributed by atoms with Gasteiger partial charge in [0.1, 0.15) is 5.15 Å². The van der Waals surface area contributed by atoms with E-state index in [4.69, 9.17) is 21.4 Å². The summed E-state index contributed by atoms with van der Waals surface area (Å²) in [6, 6.07) is 0. The van der Waals surface area contributed by atoms with Crippen molar-refractivity contribution in [2.75, 3.05) is 0 Å². The Morgan fingerprint density at radius 3 is 3.00 bits per heavy atom. The first-order chi connectivity index (χ1) is 7.72. The van der Waals surface area contributed by atoms with Crippen LogP contribution >= 0.6 is 22.9 Å². The van der Waals surface area contributed by atoms with Crippen LogP contribution in [0.1, 0.15) is 11.8 Å². The van der Waals surface area contributed by atoms with Crippen molar-refractivity contribution in [2.45, 2.75) is 20.1 Å². The summed E-state index contributed by atoms with van der Waals surface area (Å²) in [5.74, 6) is 0.608. The summed E-state index contributed by atoms with van der Waals surface area (Å²) >= 11 is 7.00. The fourth-order valence-electron chi connectivity index (χ4n) is 1.13. The highest BCUT2D eigenvalue weighted by atomic mass is 35.5. The molecule has 16 heavy (non-hydrogen) atoms. The van der Waals surface area contributed by atoms with Crippen molar-refractivity contribution in [3.63, 3.8) is 0 Å². The van der Waals surface area contributed by atoms with Gasteiger partial charge in [0.2, 0.25) is 0 Å². The standard InChI is InChI=1S/C9H10ClN3O2S/c1-2-13-4-6(3-11-13)15-9-12-8(10)7(5-14)16-9/h3-4,14H,2,5H2,1H3. The Labute approximate surface area is 101 Å². The average molecular weight is 260 g/mol. The summed E-state index contributed by atoms with van der Waals surface area (Å²) in [6.07, 6.45) is 3.38. The zero-order valence-electron chi connectivity index (χ0n) is 8.55. The van der Waals surface area contributed by atoms with E-state index in [-0.39, 0.29) is 11.8 Å². The molecular formula is C9H10ClN3O2S. The number of aliphatic hydroxyl groups excluding tert-OH is 1. The molecule has 0 aliphatic rings. The fraction of sp³-hybridized carbons (Fsp3) is 0.333. The van der Waals surface area contributed by atoms with Gasteiger partial charge in [-0.15, -0.1) is 0 Å². The highest BCUT2D eigenvalue weighted by Gasteiger charge is 2.10. The first-order valence-electron chi connectivity index (χ1n) is 4.69.